The van der Waals surface area contributed by atoms with Crippen LogP contribution in [-0.4, -0.2) is 32.0 Å². The summed E-state index contributed by atoms with van der Waals surface area (Å²) in [5.41, 5.74) is 2.50. The van der Waals surface area contributed by atoms with Crippen molar-refractivity contribution in [3.63, 3.8) is 0 Å². The fourth-order valence-electron chi connectivity index (χ4n) is 3.82. The van der Waals surface area contributed by atoms with Crippen LogP contribution in [0.3, 0.4) is 0 Å². The fraction of sp³-hybridized carbons (Fsp3) is 0.400. The zero-order valence-electron chi connectivity index (χ0n) is 14.0. The molecule has 3 heterocycles. The number of benzene rings is 1. The highest BCUT2D eigenvalue weighted by atomic mass is 15.2. The summed E-state index contributed by atoms with van der Waals surface area (Å²) >= 11 is 0. The first-order valence-electron chi connectivity index (χ1n) is 8.92. The largest absolute Gasteiger partial charge is 0.337 e. The lowest BCUT2D eigenvalue weighted by atomic mass is 9.98. The number of aromatic nitrogens is 3. The summed E-state index contributed by atoms with van der Waals surface area (Å²) in [6.07, 6.45) is 12.9. The van der Waals surface area contributed by atoms with Gasteiger partial charge in [-0.3, -0.25) is 9.88 Å². The molecule has 1 aromatic carbocycles. The second kappa shape index (κ2) is 7.14. The third-order valence-electron chi connectivity index (χ3n) is 5.14. The molecule has 24 heavy (non-hydrogen) atoms. The van der Waals surface area contributed by atoms with E-state index in [0.29, 0.717) is 6.04 Å². The van der Waals surface area contributed by atoms with Crippen LogP contribution in [0.25, 0.3) is 10.9 Å². The Balaban J connectivity index is 1.50. The molecule has 1 atom stereocenters. The lowest BCUT2D eigenvalue weighted by Gasteiger charge is -2.36. The van der Waals surface area contributed by atoms with Crippen molar-refractivity contribution >= 4 is 10.9 Å². The van der Waals surface area contributed by atoms with Crippen LogP contribution in [0.5, 0.6) is 0 Å². The van der Waals surface area contributed by atoms with Crippen LogP contribution in [0, 0.1) is 0 Å². The Bertz CT molecular complexity index is 776. The van der Waals surface area contributed by atoms with Crippen molar-refractivity contribution in [1.82, 2.24) is 19.4 Å². The van der Waals surface area contributed by atoms with E-state index in [1.165, 1.54) is 43.2 Å². The highest BCUT2D eigenvalue weighted by Gasteiger charge is 2.22. The van der Waals surface area contributed by atoms with E-state index in [4.69, 9.17) is 0 Å². The minimum atomic E-state index is 0.660. The normalized spacial score (nSPS) is 18.9. The van der Waals surface area contributed by atoms with Crippen molar-refractivity contribution in [1.29, 1.82) is 0 Å². The van der Waals surface area contributed by atoms with Gasteiger partial charge in [0.05, 0.1) is 11.8 Å². The van der Waals surface area contributed by atoms with E-state index in [2.05, 4.69) is 56.0 Å². The molecule has 0 saturated carbocycles. The number of imidazole rings is 1. The Morgan fingerprint density at radius 3 is 2.96 bits per heavy atom. The van der Waals surface area contributed by atoms with Gasteiger partial charge in [0.1, 0.15) is 0 Å². The van der Waals surface area contributed by atoms with E-state index in [1.54, 1.807) is 0 Å². The highest BCUT2D eigenvalue weighted by Crippen LogP contribution is 2.25. The molecule has 4 nitrogen and oxygen atoms in total. The minimum absolute atomic E-state index is 0.660. The summed E-state index contributed by atoms with van der Waals surface area (Å²) in [7, 11) is 0. The summed E-state index contributed by atoms with van der Waals surface area (Å²) < 4.78 is 2.19. The molecule has 0 aliphatic carbocycles. The summed E-state index contributed by atoms with van der Waals surface area (Å²) in [6, 6.07) is 11.3. The number of hydrogen-bond acceptors (Lipinski definition) is 3. The van der Waals surface area contributed by atoms with Gasteiger partial charge in [-0.2, -0.15) is 0 Å². The van der Waals surface area contributed by atoms with Crippen molar-refractivity contribution in [3.05, 3.63) is 60.8 Å². The van der Waals surface area contributed by atoms with E-state index < -0.39 is 0 Å². The molecule has 4 rings (SSSR count). The molecule has 0 radical (unpaired) electrons. The van der Waals surface area contributed by atoms with Crippen LogP contribution in [0.15, 0.2) is 55.2 Å². The molecule has 4 heteroatoms. The molecular formula is C20H24N4. The molecule has 1 fully saturated rings. The molecular weight excluding hydrogens is 296 g/mol. The summed E-state index contributed by atoms with van der Waals surface area (Å²) in [5, 5.41) is 1.29. The maximum atomic E-state index is 4.50. The lowest BCUT2D eigenvalue weighted by molar-refractivity contribution is 0.129. The predicted octanol–water partition coefficient (Wildman–Crippen LogP) is 3.88. The van der Waals surface area contributed by atoms with Gasteiger partial charge in [-0.05, 0) is 43.5 Å². The summed E-state index contributed by atoms with van der Waals surface area (Å²) in [6.45, 7) is 3.28. The van der Waals surface area contributed by atoms with Crippen LogP contribution in [0.1, 0.15) is 31.2 Å². The molecule has 124 valence electrons. The second-order valence-electron chi connectivity index (χ2n) is 6.70. The Hall–Kier alpha value is -2.20. The zero-order valence-corrected chi connectivity index (χ0v) is 14.0. The third kappa shape index (κ3) is 3.34. The fourth-order valence-corrected chi connectivity index (χ4v) is 3.82. The van der Waals surface area contributed by atoms with Crippen molar-refractivity contribution in [3.8, 4) is 0 Å². The van der Waals surface area contributed by atoms with Crippen molar-refractivity contribution < 1.29 is 0 Å². The summed E-state index contributed by atoms with van der Waals surface area (Å²) in [4.78, 5) is 11.3. The Labute approximate surface area is 143 Å². The average Bonchev–Trinajstić information content (AvgIpc) is 3.15. The molecule has 1 aliphatic rings. The van der Waals surface area contributed by atoms with Crippen LogP contribution in [0.4, 0.5) is 0 Å². The van der Waals surface area contributed by atoms with Gasteiger partial charge in [0.25, 0.3) is 0 Å². The monoisotopic (exact) mass is 320 g/mol. The van der Waals surface area contributed by atoms with Gasteiger partial charge < -0.3 is 4.57 Å². The Kier molecular flexibility index (Phi) is 4.56. The van der Waals surface area contributed by atoms with Crippen LogP contribution >= 0.6 is 0 Å². The Morgan fingerprint density at radius 2 is 2.04 bits per heavy atom. The Morgan fingerprint density at radius 1 is 1.08 bits per heavy atom. The average molecular weight is 320 g/mol. The van der Waals surface area contributed by atoms with E-state index >= 15 is 0 Å². The van der Waals surface area contributed by atoms with Gasteiger partial charge in [-0.25, -0.2) is 4.98 Å². The van der Waals surface area contributed by atoms with Crippen molar-refractivity contribution in [2.75, 3.05) is 6.54 Å². The zero-order chi connectivity index (χ0) is 16.2. The van der Waals surface area contributed by atoms with Gasteiger partial charge >= 0.3 is 0 Å². The number of para-hydroxylation sites is 1. The smallest absolute Gasteiger partial charge is 0.0945 e. The van der Waals surface area contributed by atoms with Gasteiger partial charge in [0, 0.05) is 43.1 Å². The van der Waals surface area contributed by atoms with E-state index in [0.717, 1.165) is 18.6 Å². The number of hydrogen-bond donors (Lipinski definition) is 0. The maximum absolute atomic E-state index is 4.50. The minimum Gasteiger partial charge on any atom is -0.337 e. The molecule has 0 N–H and O–H groups in total. The molecule has 0 spiro atoms. The number of piperidine rings is 1. The first-order valence-corrected chi connectivity index (χ1v) is 8.92. The van der Waals surface area contributed by atoms with Gasteiger partial charge in [0.15, 0.2) is 0 Å². The van der Waals surface area contributed by atoms with Gasteiger partial charge in [0.2, 0.25) is 0 Å². The van der Waals surface area contributed by atoms with E-state index in [1.807, 2.05) is 18.7 Å². The van der Waals surface area contributed by atoms with Gasteiger partial charge in [-0.15, -0.1) is 0 Å². The number of pyridine rings is 1. The maximum Gasteiger partial charge on any atom is 0.0945 e. The molecule has 1 aliphatic heterocycles. The SMILES string of the molecule is c1ccc2c(CN3CCCCC3CCn3ccnc3)ccnc2c1. The van der Waals surface area contributed by atoms with E-state index in [-0.39, 0.29) is 0 Å². The number of rotatable bonds is 5. The number of aryl methyl sites for hydroxylation is 1. The van der Waals surface area contributed by atoms with Crippen LogP contribution < -0.4 is 0 Å². The number of nitrogens with zero attached hydrogens (tertiary/aromatic N) is 4. The van der Waals surface area contributed by atoms with E-state index in [9.17, 15) is 0 Å². The first kappa shape index (κ1) is 15.3. The highest BCUT2D eigenvalue weighted by molar-refractivity contribution is 5.81. The molecule has 0 bridgehead atoms. The number of likely N-dealkylation sites (tertiary alicyclic amines) is 1. The van der Waals surface area contributed by atoms with Crippen LogP contribution in [-0.2, 0) is 13.1 Å². The standard InChI is InChI=1S/C20H24N4/c1-2-7-20-19(6-1)17(8-10-22-20)15-24-12-4-3-5-18(24)9-13-23-14-11-21-16-23/h1-2,6-8,10-11,14,16,18H,3-5,9,12-13,15H2. The second-order valence-corrected chi connectivity index (χ2v) is 6.70. The quantitative estimate of drug-likeness (QED) is 0.715. The predicted molar refractivity (Wildman–Crippen MR) is 96.6 cm³/mol. The van der Waals surface area contributed by atoms with Crippen molar-refractivity contribution in [2.24, 2.45) is 0 Å². The molecule has 3 aromatic rings. The third-order valence-corrected chi connectivity index (χ3v) is 5.14. The topological polar surface area (TPSA) is 34.0 Å². The molecule has 0 amide bonds. The van der Waals surface area contributed by atoms with Crippen molar-refractivity contribution in [2.45, 2.75) is 44.8 Å². The first-order chi connectivity index (χ1) is 11.9. The molecule has 2 aromatic heterocycles. The molecule has 1 saturated heterocycles. The molecule has 1 unspecified atom stereocenters. The van der Waals surface area contributed by atoms with Gasteiger partial charge in [-0.1, -0.05) is 24.6 Å². The lowest BCUT2D eigenvalue weighted by Crippen LogP contribution is -2.39. The summed E-state index contributed by atoms with van der Waals surface area (Å²) in [5.74, 6) is 0. The van der Waals surface area contributed by atoms with Crippen LogP contribution in [0.2, 0.25) is 0 Å². The number of fused-ring (bicyclic) bond motifs is 1.